The van der Waals surface area contributed by atoms with Gasteiger partial charge in [-0.1, -0.05) is 12.1 Å². The number of benzene rings is 1. The zero-order valence-corrected chi connectivity index (χ0v) is 10.0. The summed E-state index contributed by atoms with van der Waals surface area (Å²) >= 11 is 0. The minimum atomic E-state index is 0.429. The van der Waals surface area contributed by atoms with E-state index in [4.69, 9.17) is 10.5 Å². The summed E-state index contributed by atoms with van der Waals surface area (Å²) in [7, 11) is 0. The number of nitrogens with two attached hydrogens (primary N) is 1. The lowest BCUT2D eigenvalue weighted by atomic mass is 10.0. The van der Waals surface area contributed by atoms with Gasteiger partial charge in [-0.2, -0.15) is 0 Å². The second-order valence-corrected chi connectivity index (χ2v) is 4.61. The van der Waals surface area contributed by atoms with Crippen molar-refractivity contribution in [1.82, 2.24) is 0 Å². The van der Waals surface area contributed by atoms with Gasteiger partial charge in [-0.15, -0.1) is 0 Å². The summed E-state index contributed by atoms with van der Waals surface area (Å²) in [5.41, 5.74) is 8.23. The lowest BCUT2D eigenvalue weighted by Crippen LogP contribution is -2.14. The average Bonchev–Trinajstić information content (AvgIpc) is 2.76. The highest BCUT2D eigenvalue weighted by Gasteiger charge is 2.18. The van der Waals surface area contributed by atoms with Crippen molar-refractivity contribution in [3.05, 3.63) is 29.3 Å². The molecule has 0 atom stereocenters. The summed E-state index contributed by atoms with van der Waals surface area (Å²) in [6.07, 6.45) is 6.37. The normalized spacial score (nSPS) is 16.6. The zero-order valence-electron chi connectivity index (χ0n) is 10.0. The molecule has 16 heavy (non-hydrogen) atoms. The largest absolute Gasteiger partial charge is 0.490 e. The van der Waals surface area contributed by atoms with Gasteiger partial charge in [0.25, 0.3) is 0 Å². The number of hydrogen-bond donors (Lipinski definition) is 1. The first-order valence-electron chi connectivity index (χ1n) is 6.26. The Morgan fingerprint density at radius 1 is 1.31 bits per heavy atom. The fourth-order valence-corrected chi connectivity index (χ4v) is 2.44. The molecule has 0 aliphatic heterocycles. The van der Waals surface area contributed by atoms with Crippen LogP contribution < -0.4 is 10.5 Å². The van der Waals surface area contributed by atoms with Gasteiger partial charge < -0.3 is 10.5 Å². The molecule has 2 heteroatoms. The van der Waals surface area contributed by atoms with Crippen molar-refractivity contribution in [2.24, 2.45) is 5.73 Å². The highest BCUT2D eigenvalue weighted by atomic mass is 16.5. The predicted molar refractivity (Wildman–Crippen MR) is 66.8 cm³/mol. The van der Waals surface area contributed by atoms with Gasteiger partial charge in [0.2, 0.25) is 0 Å². The van der Waals surface area contributed by atoms with Gasteiger partial charge in [-0.25, -0.2) is 0 Å². The highest BCUT2D eigenvalue weighted by molar-refractivity contribution is 5.40. The van der Waals surface area contributed by atoms with E-state index in [1.807, 2.05) is 0 Å². The lowest BCUT2D eigenvalue weighted by molar-refractivity contribution is 0.208. The van der Waals surface area contributed by atoms with Gasteiger partial charge >= 0.3 is 0 Å². The predicted octanol–water partition coefficient (Wildman–Crippen LogP) is 2.82. The molecule has 88 valence electrons. The maximum Gasteiger partial charge on any atom is 0.123 e. The van der Waals surface area contributed by atoms with E-state index in [2.05, 4.69) is 25.1 Å². The third kappa shape index (κ3) is 2.56. The third-order valence-electron chi connectivity index (χ3n) is 3.36. The molecule has 0 spiro atoms. The highest BCUT2D eigenvalue weighted by Crippen LogP contribution is 2.28. The average molecular weight is 219 g/mol. The van der Waals surface area contributed by atoms with E-state index >= 15 is 0 Å². The molecule has 1 aliphatic carbocycles. The second kappa shape index (κ2) is 5.35. The molecule has 1 aliphatic rings. The Kier molecular flexibility index (Phi) is 3.83. The van der Waals surface area contributed by atoms with Gasteiger partial charge in [-0.05, 0) is 62.8 Å². The summed E-state index contributed by atoms with van der Waals surface area (Å²) in [5.74, 6) is 1.05. The van der Waals surface area contributed by atoms with E-state index in [1.165, 1.54) is 36.8 Å². The van der Waals surface area contributed by atoms with Crippen LogP contribution in [0.25, 0.3) is 0 Å². The molecule has 2 rings (SSSR count). The standard InChI is InChI=1S/C14H21NO/c1-11-5-4-8-14(13(11)9-10-15)16-12-6-2-3-7-12/h4-5,8,12H,2-3,6-7,9-10,15H2,1H3. The Morgan fingerprint density at radius 2 is 2.06 bits per heavy atom. The monoisotopic (exact) mass is 219 g/mol. The Labute approximate surface area is 97.8 Å². The van der Waals surface area contributed by atoms with Crippen molar-refractivity contribution in [2.45, 2.75) is 45.1 Å². The molecule has 1 fully saturated rings. The van der Waals surface area contributed by atoms with Crippen LogP contribution in [0.3, 0.4) is 0 Å². The first-order valence-corrected chi connectivity index (χ1v) is 6.26. The van der Waals surface area contributed by atoms with E-state index in [-0.39, 0.29) is 0 Å². The molecule has 2 N–H and O–H groups in total. The van der Waals surface area contributed by atoms with E-state index < -0.39 is 0 Å². The summed E-state index contributed by atoms with van der Waals surface area (Å²) in [4.78, 5) is 0. The number of rotatable bonds is 4. The Hall–Kier alpha value is -1.02. The molecule has 1 aromatic rings. The van der Waals surface area contributed by atoms with Crippen LogP contribution in [0.2, 0.25) is 0 Å². The van der Waals surface area contributed by atoms with Gasteiger partial charge in [0, 0.05) is 0 Å². The molecule has 0 saturated heterocycles. The lowest BCUT2D eigenvalue weighted by Gasteiger charge is -2.17. The first kappa shape index (κ1) is 11.5. The fourth-order valence-electron chi connectivity index (χ4n) is 2.44. The number of ether oxygens (including phenoxy) is 1. The molecule has 2 nitrogen and oxygen atoms in total. The maximum absolute atomic E-state index is 6.08. The van der Waals surface area contributed by atoms with Gasteiger partial charge in [0.1, 0.15) is 5.75 Å². The molecule has 0 heterocycles. The Morgan fingerprint density at radius 3 is 2.75 bits per heavy atom. The Balaban J connectivity index is 2.14. The summed E-state index contributed by atoms with van der Waals surface area (Å²) in [6, 6.07) is 6.28. The molecular weight excluding hydrogens is 198 g/mol. The maximum atomic E-state index is 6.08. The smallest absolute Gasteiger partial charge is 0.123 e. The molecule has 0 aromatic heterocycles. The quantitative estimate of drug-likeness (QED) is 0.845. The van der Waals surface area contributed by atoms with Crippen molar-refractivity contribution < 1.29 is 4.74 Å². The number of aryl methyl sites for hydroxylation is 1. The molecule has 0 radical (unpaired) electrons. The topological polar surface area (TPSA) is 35.2 Å². The summed E-state index contributed by atoms with van der Waals surface area (Å²) < 4.78 is 6.08. The van der Waals surface area contributed by atoms with Crippen LogP contribution in [0.15, 0.2) is 18.2 Å². The molecule has 1 aromatic carbocycles. The third-order valence-corrected chi connectivity index (χ3v) is 3.36. The summed E-state index contributed by atoms with van der Waals surface area (Å²) in [6.45, 7) is 2.82. The van der Waals surface area contributed by atoms with Crippen molar-refractivity contribution in [3.8, 4) is 5.75 Å². The van der Waals surface area contributed by atoms with Crippen molar-refractivity contribution in [1.29, 1.82) is 0 Å². The minimum Gasteiger partial charge on any atom is -0.490 e. The van der Waals surface area contributed by atoms with Gasteiger partial charge in [0.05, 0.1) is 6.10 Å². The van der Waals surface area contributed by atoms with Crippen molar-refractivity contribution in [2.75, 3.05) is 6.54 Å². The van der Waals surface area contributed by atoms with Crippen molar-refractivity contribution in [3.63, 3.8) is 0 Å². The van der Waals surface area contributed by atoms with Crippen LogP contribution >= 0.6 is 0 Å². The van der Waals surface area contributed by atoms with Crippen molar-refractivity contribution >= 4 is 0 Å². The van der Waals surface area contributed by atoms with E-state index in [0.717, 1.165) is 12.2 Å². The molecule has 0 amide bonds. The van der Waals surface area contributed by atoms with Crippen LogP contribution in [0, 0.1) is 6.92 Å². The van der Waals surface area contributed by atoms with Crippen LogP contribution in [0.4, 0.5) is 0 Å². The zero-order chi connectivity index (χ0) is 11.4. The SMILES string of the molecule is Cc1cccc(OC2CCCC2)c1CCN. The van der Waals surface area contributed by atoms with E-state index in [0.29, 0.717) is 12.6 Å². The summed E-state index contributed by atoms with van der Waals surface area (Å²) in [5, 5.41) is 0. The van der Waals surface area contributed by atoms with E-state index in [1.54, 1.807) is 0 Å². The van der Waals surface area contributed by atoms with Crippen LogP contribution in [-0.4, -0.2) is 12.6 Å². The first-order chi connectivity index (χ1) is 7.81. The van der Waals surface area contributed by atoms with Gasteiger partial charge in [-0.3, -0.25) is 0 Å². The van der Waals surface area contributed by atoms with Crippen LogP contribution in [-0.2, 0) is 6.42 Å². The minimum absolute atomic E-state index is 0.429. The van der Waals surface area contributed by atoms with Crippen LogP contribution in [0.1, 0.15) is 36.8 Å². The van der Waals surface area contributed by atoms with Gasteiger partial charge in [0.15, 0.2) is 0 Å². The molecule has 1 saturated carbocycles. The van der Waals surface area contributed by atoms with Crippen LogP contribution in [0.5, 0.6) is 5.75 Å². The second-order valence-electron chi connectivity index (χ2n) is 4.61. The fraction of sp³-hybridized carbons (Fsp3) is 0.571. The molecule has 0 bridgehead atoms. The number of hydrogen-bond acceptors (Lipinski definition) is 2. The Bertz CT molecular complexity index is 343. The molecule has 0 unspecified atom stereocenters. The molecular formula is C14H21NO. The van der Waals surface area contributed by atoms with E-state index in [9.17, 15) is 0 Å².